The fourth-order valence-electron chi connectivity index (χ4n) is 2.02. The molecule has 2 rings (SSSR count). The molecular weight excluding hydrogens is 266 g/mol. The molecule has 0 spiro atoms. The number of rotatable bonds is 6. The van der Waals surface area contributed by atoms with Crippen molar-refractivity contribution in [3.8, 4) is 5.75 Å². The fraction of sp³-hybridized carbons (Fsp3) is 0.235. The van der Waals surface area contributed by atoms with Crippen molar-refractivity contribution in [1.82, 2.24) is 0 Å². The van der Waals surface area contributed by atoms with Crippen molar-refractivity contribution in [2.45, 2.75) is 12.8 Å². The van der Waals surface area contributed by atoms with Crippen molar-refractivity contribution < 1.29 is 14.6 Å². The summed E-state index contributed by atoms with van der Waals surface area (Å²) in [5.41, 5.74) is 2.74. The quantitative estimate of drug-likeness (QED) is 0.857. The average molecular weight is 285 g/mol. The molecule has 2 N–H and O–H groups in total. The largest absolute Gasteiger partial charge is 0.497 e. The molecule has 2 aromatic carbocycles. The standard InChI is InChI=1S/C17H19NO3/c1-21-16-8-4-14(5-9-16)12-17(20)18-15-6-2-13(3-7-15)10-11-19/h2-9,19H,10-12H2,1H3,(H,18,20). The van der Waals surface area contributed by atoms with Crippen LogP contribution in [0.4, 0.5) is 5.69 Å². The zero-order chi connectivity index (χ0) is 15.1. The maximum atomic E-state index is 12.0. The summed E-state index contributed by atoms with van der Waals surface area (Å²) in [6.07, 6.45) is 0.947. The first-order chi connectivity index (χ1) is 10.2. The molecule has 0 aliphatic heterocycles. The summed E-state index contributed by atoms with van der Waals surface area (Å²) >= 11 is 0. The number of carbonyl (C=O) groups excluding carboxylic acids is 1. The van der Waals surface area contributed by atoms with Gasteiger partial charge in [0.15, 0.2) is 0 Å². The molecule has 21 heavy (non-hydrogen) atoms. The highest BCUT2D eigenvalue weighted by Gasteiger charge is 2.04. The normalized spacial score (nSPS) is 10.2. The Kier molecular flexibility index (Phi) is 5.35. The third kappa shape index (κ3) is 4.61. The summed E-state index contributed by atoms with van der Waals surface area (Å²) in [5, 5.41) is 11.7. The lowest BCUT2D eigenvalue weighted by atomic mass is 10.1. The van der Waals surface area contributed by atoms with Crippen LogP contribution in [0.1, 0.15) is 11.1 Å². The number of hydrogen-bond donors (Lipinski definition) is 2. The lowest BCUT2D eigenvalue weighted by Crippen LogP contribution is -2.14. The van der Waals surface area contributed by atoms with E-state index in [4.69, 9.17) is 9.84 Å². The summed E-state index contributed by atoms with van der Waals surface area (Å²) in [7, 11) is 1.61. The maximum absolute atomic E-state index is 12.0. The average Bonchev–Trinajstić information content (AvgIpc) is 2.50. The summed E-state index contributed by atoms with van der Waals surface area (Å²) < 4.78 is 5.08. The van der Waals surface area contributed by atoms with Gasteiger partial charge in [-0.15, -0.1) is 0 Å². The Morgan fingerprint density at radius 2 is 1.67 bits per heavy atom. The molecular formula is C17H19NO3. The first kappa shape index (κ1) is 15.1. The van der Waals surface area contributed by atoms with E-state index >= 15 is 0 Å². The van der Waals surface area contributed by atoms with Crippen LogP contribution in [0, 0.1) is 0 Å². The number of carbonyl (C=O) groups is 1. The maximum Gasteiger partial charge on any atom is 0.228 e. The van der Waals surface area contributed by atoms with Gasteiger partial charge >= 0.3 is 0 Å². The number of nitrogens with one attached hydrogen (secondary N) is 1. The van der Waals surface area contributed by atoms with Crippen molar-refractivity contribution in [3.05, 3.63) is 59.7 Å². The van der Waals surface area contributed by atoms with Crippen LogP contribution in [-0.2, 0) is 17.6 Å². The van der Waals surface area contributed by atoms with Crippen LogP contribution in [0.3, 0.4) is 0 Å². The highest BCUT2D eigenvalue weighted by molar-refractivity contribution is 5.92. The van der Waals surface area contributed by atoms with Crippen LogP contribution in [0.15, 0.2) is 48.5 Å². The Hall–Kier alpha value is -2.33. The Bertz CT molecular complexity index is 576. The van der Waals surface area contributed by atoms with Gasteiger partial charge in [0.2, 0.25) is 5.91 Å². The summed E-state index contributed by atoms with van der Waals surface area (Å²) in [6, 6.07) is 14.9. The molecule has 0 unspecified atom stereocenters. The van der Waals surface area contributed by atoms with Crippen LogP contribution in [0.25, 0.3) is 0 Å². The molecule has 1 amide bonds. The van der Waals surface area contributed by atoms with Gasteiger partial charge in [0.1, 0.15) is 5.75 Å². The van der Waals surface area contributed by atoms with E-state index in [0.29, 0.717) is 12.8 Å². The number of anilines is 1. The molecule has 0 radical (unpaired) electrons. The minimum absolute atomic E-state index is 0.0601. The molecule has 110 valence electrons. The molecule has 0 saturated heterocycles. The van der Waals surface area contributed by atoms with Crippen molar-refractivity contribution in [1.29, 1.82) is 0 Å². The predicted molar refractivity (Wildman–Crippen MR) is 82.6 cm³/mol. The molecule has 0 bridgehead atoms. The first-order valence-electron chi connectivity index (χ1n) is 6.84. The number of aliphatic hydroxyl groups excluding tert-OH is 1. The van der Waals surface area contributed by atoms with Crippen LogP contribution in [-0.4, -0.2) is 24.7 Å². The number of methoxy groups -OCH3 is 1. The van der Waals surface area contributed by atoms with E-state index in [2.05, 4.69) is 5.32 Å². The van der Waals surface area contributed by atoms with Crippen molar-refractivity contribution in [2.75, 3.05) is 19.0 Å². The first-order valence-corrected chi connectivity index (χ1v) is 6.84. The lowest BCUT2D eigenvalue weighted by molar-refractivity contribution is -0.115. The van der Waals surface area contributed by atoms with E-state index in [1.807, 2.05) is 48.5 Å². The van der Waals surface area contributed by atoms with Gasteiger partial charge in [-0.05, 0) is 41.8 Å². The Balaban J connectivity index is 1.91. The monoisotopic (exact) mass is 285 g/mol. The Morgan fingerprint density at radius 3 is 2.24 bits per heavy atom. The van der Waals surface area contributed by atoms with Gasteiger partial charge in [-0.1, -0.05) is 24.3 Å². The van der Waals surface area contributed by atoms with Crippen LogP contribution >= 0.6 is 0 Å². The molecule has 0 fully saturated rings. The summed E-state index contributed by atoms with van der Waals surface area (Å²) in [4.78, 5) is 12.0. The fourth-order valence-corrected chi connectivity index (χ4v) is 2.02. The topological polar surface area (TPSA) is 58.6 Å². The molecule has 0 heterocycles. The predicted octanol–water partition coefficient (Wildman–Crippen LogP) is 2.41. The van der Waals surface area contributed by atoms with E-state index in [1.165, 1.54) is 0 Å². The number of ether oxygens (including phenoxy) is 1. The van der Waals surface area contributed by atoms with Crippen molar-refractivity contribution >= 4 is 11.6 Å². The number of hydrogen-bond acceptors (Lipinski definition) is 3. The van der Waals surface area contributed by atoms with E-state index in [-0.39, 0.29) is 12.5 Å². The van der Waals surface area contributed by atoms with Crippen LogP contribution in [0.5, 0.6) is 5.75 Å². The molecule has 0 saturated carbocycles. The minimum atomic E-state index is -0.0601. The van der Waals surface area contributed by atoms with E-state index in [0.717, 1.165) is 22.6 Å². The lowest BCUT2D eigenvalue weighted by Gasteiger charge is -2.07. The van der Waals surface area contributed by atoms with Crippen molar-refractivity contribution in [2.24, 2.45) is 0 Å². The van der Waals surface area contributed by atoms with Crippen LogP contribution < -0.4 is 10.1 Å². The molecule has 0 atom stereocenters. The van der Waals surface area contributed by atoms with E-state index in [1.54, 1.807) is 7.11 Å². The zero-order valence-corrected chi connectivity index (χ0v) is 12.0. The second kappa shape index (κ2) is 7.45. The smallest absolute Gasteiger partial charge is 0.228 e. The third-order valence-electron chi connectivity index (χ3n) is 3.16. The van der Waals surface area contributed by atoms with Crippen LogP contribution in [0.2, 0.25) is 0 Å². The molecule has 0 aromatic heterocycles. The Morgan fingerprint density at radius 1 is 1.05 bits per heavy atom. The Labute approximate surface area is 124 Å². The van der Waals surface area contributed by atoms with Gasteiger partial charge in [-0.3, -0.25) is 4.79 Å². The van der Waals surface area contributed by atoms with Gasteiger partial charge in [0, 0.05) is 12.3 Å². The minimum Gasteiger partial charge on any atom is -0.497 e. The SMILES string of the molecule is COc1ccc(CC(=O)Nc2ccc(CCO)cc2)cc1. The van der Waals surface area contributed by atoms with E-state index in [9.17, 15) is 4.79 Å². The van der Waals surface area contributed by atoms with Gasteiger partial charge in [0.25, 0.3) is 0 Å². The van der Waals surface area contributed by atoms with Gasteiger partial charge in [-0.25, -0.2) is 0 Å². The van der Waals surface area contributed by atoms with Gasteiger partial charge < -0.3 is 15.2 Å². The highest BCUT2D eigenvalue weighted by atomic mass is 16.5. The van der Waals surface area contributed by atoms with Gasteiger partial charge in [-0.2, -0.15) is 0 Å². The second-order valence-electron chi connectivity index (χ2n) is 4.74. The van der Waals surface area contributed by atoms with Crippen molar-refractivity contribution in [3.63, 3.8) is 0 Å². The summed E-state index contributed by atoms with van der Waals surface area (Å²) in [5.74, 6) is 0.716. The molecule has 0 aliphatic carbocycles. The number of benzene rings is 2. The van der Waals surface area contributed by atoms with Gasteiger partial charge in [0.05, 0.1) is 13.5 Å². The highest BCUT2D eigenvalue weighted by Crippen LogP contribution is 2.13. The molecule has 0 aliphatic rings. The molecule has 2 aromatic rings. The summed E-state index contributed by atoms with van der Waals surface area (Å²) in [6.45, 7) is 0.128. The zero-order valence-electron chi connectivity index (χ0n) is 12.0. The second-order valence-corrected chi connectivity index (χ2v) is 4.74. The number of amides is 1. The molecule has 4 nitrogen and oxygen atoms in total. The third-order valence-corrected chi connectivity index (χ3v) is 3.16. The van der Waals surface area contributed by atoms with E-state index < -0.39 is 0 Å². The number of aliphatic hydroxyl groups is 1. The molecule has 4 heteroatoms.